The lowest BCUT2D eigenvalue weighted by Gasteiger charge is -2.12. The van der Waals surface area contributed by atoms with Crippen LogP contribution in [0.3, 0.4) is 0 Å². The first-order valence-corrected chi connectivity index (χ1v) is 10.4. The molecular formula is C24H22N2O2S. The smallest absolute Gasteiger partial charge is 0.263 e. The van der Waals surface area contributed by atoms with Gasteiger partial charge in [0.1, 0.15) is 16.4 Å². The maximum Gasteiger partial charge on any atom is 0.263 e. The van der Waals surface area contributed by atoms with Crippen LogP contribution in [0.4, 0.5) is 0 Å². The van der Waals surface area contributed by atoms with E-state index >= 15 is 0 Å². The molecular weight excluding hydrogens is 380 g/mol. The van der Waals surface area contributed by atoms with Crippen molar-refractivity contribution in [2.24, 2.45) is 0 Å². The van der Waals surface area contributed by atoms with Gasteiger partial charge in [0, 0.05) is 29.0 Å². The van der Waals surface area contributed by atoms with E-state index in [-0.39, 0.29) is 11.3 Å². The molecule has 0 unspecified atom stereocenters. The minimum Gasteiger partial charge on any atom is -0.300 e. The number of thiophene rings is 1. The monoisotopic (exact) mass is 402 g/mol. The van der Waals surface area contributed by atoms with Crippen molar-refractivity contribution in [3.8, 4) is 22.5 Å². The number of benzene rings is 2. The molecule has 0 aliphatic rings. The molecule has 0 aliphatic heterocycles. The summed E-state index contributed by atoms with van der Waals surface area (Å²) in [6.07, 6.45) is 0.301. The molecule has 0 saturated heterocycles. The van der Waals surface area contributed by atoms with Crippen molar-refractivity contribution in [3.05, 3.63) is 75.4 Å². The highest BCUT2D eigenvalue weighted by molar-refractivity contribution is 7.19. The molecule has 0 atom stereocenters. The summed E-state index contributed by atoms with van der Waals surface area (Å²) >= 11 is 1.54. The second-order valence-electron chi connectivity index (χ2n) is 7.29. The zero-order valence-corrected chi connectivity index (χ0v) is 17.5. The molecule has 0 fully saturated rings. The van der Waals surface area contributed by atoms with Crippen LogP contribution in [0.2, 0.25) is 0 Å². The summed E-state index contributed by atoms with van der Waals surface area (Å²) in [6, 6.07) is 17.9. The van der Waals surface area contributed by atoms with Crippen LogP contribution in [-0.2, 0) is 11.3 Å². The van der Waals surface area contributed by atoms with Gasteiger partial charge in [0.05, 0.1) is 5.39 Å². The molecule has 0 saturated carbocycles. The Morgan fingerprint density at radius 3 is 2.34 bits per heavy atom. The van der Waals surface area contributed by atoms with Crippen molar-refractivity contribution >= 4 is 27.3 Å². The van der Waals surface area contributed by atoms with Crippen molar-refractivity contribution in [3.63, 3.8) is 0 Å². The maximum absolute atomic E-state index is 13.6. The number of carbonyl (C=O) groups excluding carboxylic acids is 1. The molecule has 29 heavy (non-hydrogen) atoms. The Hall–Kier alpha value is -3.05. The minimum absolute atomic E-state index is 0.0521. The predicted octanol–water partition coefficient (Wildman–Crippen LogP) is 5.39. The summed E-state index contributed by atoms with van der Waals surface area (Å²) in [4.78, 5) is 31.9. The van der Waals surface area contributed by atoms with Crippen LogP contribution >= 0.6 is 11.3 Å². The van der Waals surface area contributed by atoms with Crippen LogP contribution in [-0.4, -0.2) is 15.3 Å². The molecule has 2 heterocycles. The third kappa shape index (κ3) is 3.66. The van der Waals surface area contributed by atoms with E-state index in [0.717, 1.165) is 26.4 Å². The third-order valence-electron chi connectivity index (χ3n) is 5.05. The van der Waals surface area contributed by atoms with Crippen LogP contribution in [0.5, 0.6) is 0 Å². The van der Waals surface area contributed by atoms with Crippen molar-refractivity contribution in [1.82, 2.24) is 9.55 Å². The van der Waals surface area contributed by atoms with Crippen molar-refractivity contribution in [1.29, 1.82) is 0 Å². The number of ketones is 1. The fourth-order valence-corrected chi connectivity index (χ4v) is 4.58. The molecule has 4 aromatic rings. The Labute approximate surface area is 173 Å². The van der Waals surface area contributed by atoms with Crippen molar-refractivity contribution in [2.75, 3.05) is 0 Å². The van der Waals surface area contributed by atoms with Crippen LogP contribution in [0.15, 0.2) is 59.4 Å². The SMILES string of the molecule is CC(=O)CCn1c(-c2ccccc2)nc2sc(C)c(-c3ccc(C)cc3)c2c1=O. The molecule has 5 heteroatoms. The van der Waals surface area contributed by atoms with Crippen LogP contribution in [0.25, 0.3) is 32.7 Å². The number of hydrogen-bond donors (Lipinski definition) is 0. The lowest BCUT2D eigenvalue weighted by Crippen LogP contribution is -2.24. The lowest BCUT2D eigenvalue weighted by atomic mass is 10.0. The van der Waals surface area contributed by atoms with Crippen LogP contribution in [0.1, 0.15) is 23.8 Å². The molecule has 2 aromatic heterocycles. The fraction of sp³-hybridized carbons (Fsp3) is 0.208. The van der Waals surface area contributed by atoms with Crippen LogP contribution in [0, 0.1) is 13.8 Å². The Balaban J connectivity index is 2.01. The van der Waals surface area contributed by atoms with Crippen LogP contribution < -0.4 is 5.56 Å². The predicted molar refractivity (Wildman–Crippen MR) is 120 cm³/mol. The van der Waals surface area contributed by atoms with E-state index in [1.54, 1.807) is 22.8 Å². The molecule has 0 bridgehead atoms. The summed E-state index contributed by atoms with van der Waals surface area (Å²) in [5, 5.41) is 0.639. The summed E-state index contributed by atoms with van der Waals surface area (Å²) < 4.78 is 1.66. The zero-order chi connectivity index (χ0) is 20.5. The van der Waals surface area contributed by atoms with Gasteiger partial charge >= 0.3 is 0 Å². The lowest BCUT2D eigenvalue weighted by molar-refractivity contribution is -0.117. The first-order valence-electron chi connectivity index (χ1n) is 9.61. The van der Waals surface area contributed by atoms with E-state index in [4.69, 9.17) is 4.98 Å². The summed E-state index contributed by atoms with van der Waals surface area (Å²) in [5.41, 5.74) is 3.92. The van der Waals surface area contributed by atoms with E-state index < -0.39 is 0 Å². The Kier molecular flexibility index (Phi) is 5.16. The molecule has 2 aromatic carbocycles. The minimum atomic E-state index is -0.0879. The summed E-state index contributed by atoms with van der Waals surface area (Å²) in [6.45, 7) is 5.95. The van der Waals surface area contributed by atoms with Crippen molar-refractivity contribution < 1.29 is 4.79 Å². The van der Waals surface area contributed by atoms with Gasteiger partial charge in [-0.3, -0.25) is 14.2 Å². The number of hydrogen-bond acceptors (Lipinski definition) is 4. The quantitative estimate of drug-likeness (QED) is 0.450. The number of Topliss-reactive ketones (excluding diaryl/α,β-unsaturated/α-hetero) is 1. The highest BCUT2D eigenvalue weighted by Gasteiger charge is 2.20. The Morgan fingerprint density at radius 1 is 1.00 bits per heavy atom. The fourth-order valence-electron chi connectivity index (χ4n) is 3.55. The van der Waals surface area contributed by atoms with Gasteiger partial charge in [-0.15, -0.1) is 11.3 Å². The van der Waals surface area contributed by atoms with Gasteiger partial charge in [-0.05, 0) is 26.3 Å². The first kappa shape index (κ1) is 19.3. The summed E-state index contributed by atoms with van der Waals surface area (Å²) in [5.74, 6) is 0.664. The van der Waals surface area contributed by atoms with Gasteiger partial charge in [-0.2, -0.15) is 0 Å². The van der Waals surface area contributed by atoms with Gasteiger partial charge in [0.15, 0.2) is 0 Å². The average molecular weight is 403 g/mol. The second-order valence-corrected chi connectivity index (χ2v) is 8.49. The van der Waals surface area contributed by atoms with Gasteiger partial charge < -0.3 is 0 Å². The van der Waals surface area contributed by atoms with E-state index in [9.17, 15) is 9.59 Å². The van der Waals surface area contributed by atoms with E-state index in [1.807, 2.05) is 56.3 Å². The van der Waals surface area contributed by atoms with Gasteiger partial charge in [0.25, 0.3) is 5.56 Å². The third-order valence-corrected chi connectivity index (χ3v) is 6.05. The van der Waals surface area contributed by atoms with Gasteiger partial charge in [-0.25, -0.2) is 4.98 Å². The largest absolute Gasteiger partial charge is 0.300 e. The molecule has 0 aliphatic carbocycles. The number of aromatic nitrogens is 2. The van der Waals surface area contributed by atoms with E-state index in [0.29, 0.717) is 24.2 Å². The molecule has 4 nitrogen and oxygen atoms in total. The normalized spacial score (nSPS) is 11.1. The number of fused-ring (bicyclic) bond motifs is 1. The number of carbonyl (C=O) groups is 1. The zero-order valence-electron chi connectivity index (χ0n) is 16.7. The topological polar surface area (TPSA) is 52.0 Å². The number of aryl methyl sites for hydroxylation is 2. The average Bonchev–Trinajstić information content (AvgIpc) is 3.04. The van der Waals surface area contributed by atoms with E-state index in [2.05, 4.69) is 12.1 Å². The standard InChI is InChI=1S/C24H22N2O2S/c1-15-9-11-18(12-10-15)20-17(3)29-23-21(20)24(28)26(14-13-16(2)27)22(25-23)19-7-5-4-6-8-19/h4-12H,13-14H2,1-3H3. The summed E-state index contributed by atoms with van der Waals surface area (Å²) in [7, 11) is 0. The highest BCUT2D eigenvalue weighted by atomic mass is 32.1. The molecule has 4 rings (SSSR count). The molecule has 0 amide bonds. The molecule has 0 radical (unpaired) electrons. The molecule has 146 valence electrons. The number of nitrogens with zero attached hydrogens (tertiary/aromatic N) is 2. The molecule has 0 spiro atoms. The second kappa shape index (κ2) is 7.76. The highest BCUT2D eigenvalue weighted by Crippen LogP contribution is 2.36. The first-order chi connectivity index (χ1) is 14.0. The maximum atomic E-state index is 13.6. The van der Waals surface area contributed by atoms with Gasteiger partial charge in [-0.1, -0.05) is 60.2 Å². The van der Waals surface area contributed by atoms with E-state index in [1.165, 1.54) is 5.56 Å². The van der Waals surface area contributed by atoms with Gasteiger partial charge in [0.2, 0.25) is 0 Å². The Bertz CT molecular complexity index is 1250. The Morgan fingerprint density at radius 2 is 1.69 bits per heavy atom. The number of rotatable bonds is 5. The van der Waals surface area contributed by atoms with Crippen molar-refractivity contribution in [2.45, 2.75) is 33.7 Å². The molecule has 0 N–H and O–H groups in total.